The number of anilines is 2. The van der Waals surface area contributed by atoms with Gasteiger partial charge in [-0.25, -0.2) is 4.98 Å². The van der Waals surface area contributed by atoms with Crippen molar-refractivity contribution in [2.75, 3.05) is 11.9 Å². The molecule has 90 valence electrons. The Morgan fingerprint density at radius 2 is 2.29 bits per heavy atom. The SMILES string of the molecule is Cc1nc(Nc2cccc(Cl)c2)sc1CCN. The van der Waals surface area contributed by atoms with E-state index in [1.807, 2.05) is 31.2 Å². The number of thiazole rings is 1. The Balaban J connectivity index is 2.16. The van der Waals surface area contributed by atoms with E-state index in [4.69, 9.17) is 17.3 Å². The maximum absolute atomic E-state index is 5.92. The van der Waals surface area contributed by atoms with Crippen molar-refractivity contribution in [3.8, 4) is 0 Å². The molecule has 1 aromatic carbocycles. The van der Waals surface area contributed by atoms with Crippen LogP contribution in [0.15, 0.2) is 24.3 Å². The molecule has 1 aromatic heterocycles. The number of nitrogens with zero attached hydrogens (tertiary/aromatic N) is 1. The Bertz CT molecular complexity index is 510. The summed E-state index contributed by atoms with van der Waals surface area (Å²) >= 11 is 7.56. The Hall–Kier alpha value is -1.10. The number of hydrogen-bond acceptors (Lipinski definition) is 4. The summed E-state index contributed by atoms with van der Waals surface area (Å²) in [6.45, 7) is 2.66. The molecule has 0 atom stereocenters. The van der Waals surface area contributed by atoms with E-state index < -0.39 is 0 Å². The summed E-state index contributed by atoms with van der Waals surface area (Å²) in [7, 11) is 0. The lowest BCUT2D eigenvalue weighted by molar-refractivity contribution is 0.970. The van der Waals surface area contributed by atoms with Crippen LogP contribution in [0.3, 0.4) is 0 Å². The summed E-state index contributed by atoms with van der Waals surface area (Å²) in [5.74, 6) is 0. The second kappa shape index (κ2) is 5.49. The molecule has 0 saturated heterocycles. The number of aryl methyl sites for hydroxylation is 1. The summed E-state index contributed by atoms with van der Waals surface area (Å²) in [6.07, 6.45) is 0.876. The summed E-state index contributed by atoms with van der Waals surface area (Å²) < 4.78 is 0. The molecule has 0 aliphatic carbocycles. The zero-order valence-corrected chi connectivity index (χ0v) is 11.1. The summed E-state index contributed by atoms with van der Waals surface area (Å²) in [6, 6.07) is 7.59. The maximum Gasteiger partial charge on any atom is 0.187 e. The van der Waals surface area contributed by atoms with Crippen molar-refractivity contribution in [3.63, 3.8) is 0 Å². The Morgan fingerprint density at radius 3 is 3.00 bits per heavy atom. The first-order valence-corrected chi connectivity index (χ1v) is 6.57. The fourth-order valence-corrected chi connectivity index (χ4v) is 2.72. The molecule has 0 radical (unpaired) electrons. The van der Waals surface area contributed by atoms with Crippen molar-refractivity contribution in [2.24, 2.45) is 5.73 Å². The minimum atomic E-state index is 0.652. The Kier molecular flexibility index (Phi) is 3.99. The Morgan fingerprint density at radius 1 is 1.47 bits per heavy atom. The molecule has 0 aliphatic rings. The molecule has 2 rings (SSSR count). The van der Waals surface area contributed by atoms with Gasteiger partial charge in [-0.2, -0.15) is 0 Å². The highest BCUT2D eigenvalue weighted by Crippen LogP contribution is 2.26. The van der Waals surface area contributed by atoms with Crippen molar-refractivity contribution < 1.29 is 0 Å². The summed E-state index contributed by atoms with van der Waals surface area (Å²) in [5, 5.41) is 4.84. The molecular weight excluding hydrogens is 254 g/mol. The van der Waals surface area contributed by atoms with Gasteiger partial charge in [0.15, 0.2) is 5.13 Å². The predicted octanol–water partition coefficient (Wildman–Crippen LogP) is 3.35. The molecule has 0 fully saturated rings. The van der Waals surface area contributed by atoms with Crippen molar-refractivity contribution in [1.82, 2.24) is 4.98 Å². The second-order valence-corrected chi connectivity index (χ2v) is 5.22. The van der Waals surface area contributed by atoms with E-state index in [-0.39, 0.29) is 0 Å². The minimum absolute atomic E-state index is 0.652. The highest BCUT2D eigenvalue weighted by Gasteiger charge is 2.06. The van der Waals surface area contributed by atoms with Crippen LogP contribution >= 0.6 is 22.9 Å². The average Bonchev–Trinajstić information content (AvgIpc) is 2.60. The molecular formula is C12H14ClN3S. The zero-order chi connectivity index (χ0) is 12.3. The molecule has 1 heterocycles. The van der Waals surface area contributed by atoms with Gasteiger partial charge in [-0.15, -0.1) is 11.3 Å². The lowest BCUT2D eigenvalue weighted by atomic mass is 10.3. The monoisotopic (exact) mass is 267 g/mol. The van der Waals surface area contributed by atoms with E-state index in [0.717, 1.165) is 22.9 Å². The van der Waals surface area contributed by atoms with Gasteiger partial charge in [0.25, 0.3) is 0 Å². The number of nitrogens with one attached hydrogen (secondary N) is 1. The highest BCUT2D eigenvalue weighted by molar-refractivity contribution is 7.15. The number of nitrogens with two attached hydrogens (primary N) is 1. The van der Waals surface area contributed by atoms with Crippen LogP contribution in [-0.4, -0.2) is 11.5 Å². The minimum Gasteiger partial charge on any atom is -0.331 e. The van der Waals surface area contributed by atoms with Gasteiger partial charge >= 0.3 is 0 Å². The normalized spacial score (nSPS) is 10.5. The lowest BCUT2D eigenvalue weighted by Crippen LogP contribution is -2.01. The smallest absolute Gasteiger partial charge is 0.187 e. The number of rotatable bonds is 4. The molecule has 0 saturated carbocycles. The standard InChI is InChI=1S/C12H14ClN3S/c1-8-11(5-6-14)17-12(15-8)16-10-4-2-3-9(13)7-10/h2-4,7H,5-6,14H2,1H3,(H,15,16). The largest absolute Gasteiger partial charge is 0.331 e. The van der Waals surface area contributed by atoms with Gasteiger partial charge in [0.1, 0.15) is 0 Å². The van der Waals surface area contributed by atoms with Crippen LogP contribution in [0.1, 0.15) is 10.6 Å². The lowest BCUT2D eigenvalue weighted by Gasteiger charge is -2.01. The fourth-order valence-electron chi connectivity index (χ4n) is 1.53. The average molecular weight is 268 g/mol. The van der Waals surface area contributed by atoms with Crippen molar-refractivity contribution in [1.29, 1.82) is 0 Å². The molecule has 3 nitrogen and oxygen atoms in total. The predicted molar refractivity (Wildman–Crippen MR) is 74.3 cm³/mol. The number of aromatic nitrogens is 1. The quantitative estimate of drug-likeness (QED) is 0.893. The van der Waals surface area contributed by atoms with Crippen LogP contribution in [0.2, 0.25) is 5.02 Å². The third-order valence-electron chi connectivity index (χ3n) is 2.34. The van der Waals surface area contributed by atoms with Crippen molar-refractivity contribution in [2.45, 2.75) is 13.3 Å². The van der Waals surface area contributed by atoms with Crippen LogP contribution in [0.4, 0.5) is 10.8 Å². The van der Waals surface area contributed by atoms with Crippen molar-refractivity contribution >= 4 is 33.8 Å². The van der Waals surface area contributed by atoms with E-state index in [9.17, 15) is 0 Å². The molecule has 2 aromatic rings. The molecule has 0 amide bonds. The molecule has 17 heavy (non-hydrogen) atoms. The molecule has 0 spiro atoms. The highest BCUT2D eigenvalue weighted by atomic mass is 35.5. The molecule has 0 unspecified atom stereocenters. The van der Waals surface area contributed by atoms with Crippen LogP contribution in [0, 0.1) is 6.92 Å². The van der Waals surface area contributed by atoms with Crippen LogP contribution in [0.5, 0.6) is 0 Å². The molecule has 0 bridgehead atoms. The van der Waals surface area contributed by atoms with Gasteiger partial charge < -0.3 is 11.1 Å². The van der Waals surface area contributed by atoms with Gasteiger partial charge in [-0.05, 0) is 38.1 Å². The van der Waals surface area contributed by atoms with E-state index >= 15 is 0 Å². The molecule has 3 N–H and O–H groups in total. The van der Waals surface area contributed by atoms with Gasteiger partial charge in [0, 0.05) is 15.6 Å². The summed E-state index contributed by atoms with van der Waals surface area (Å²) in [5.41, 5.74) is 7.55. The van der Waals surface area contributed by atoms with E-state index in [0.29, 0.717) is 11.6 Å². The fraction of sp³-hybridized carbons (Fsp3) is 0.250. The van der Waals surface area contributed by atoms with Crippen molar-refractivity contribution in [3.05, 3.63) is 39.9 Å². The van der Waals surface area contributed by atoms with Gasteiger partial charge in [0.05, 0.1) is 5.69 Å². The first-order chi connectivity index (χ1) is 8.19. The second-order valence-electron chi connectivity index (χ2n) is 3.70. The first-order valence-electron chi connectivity index (χ1n) is 5.38. The Labute approximate surface area is 110 Å². The van der Waals surface area contributed by atoms with E-state index in [2.05, 4.69) is 10.3 Å². The maximum atomic E-state index is 5.92. The van der Waals surface area contributed by atoms with Gasteiger partial charge in [-0.3, -0.25) is 0 Å². The third kappa shape index (κ3) is 3.19. The number of benzene rings is 1. The zero-order valence-electron chi connectivity index (χ0n) is 9.53. The number of hydrogen-bond donors (Lipinski definition) is 2. The molecule has 0 aliphatic heterocycles. The van der Waals surface area contributed by atoms with Crippen LogP contribution in [-0.2, 0) is 6.42 Å². The molecule has 5 heteroatoms. The van der Waals surface area contributed by atoms with Crippen LogP contribution in [0.25, 0.3) is 0 Å². The van der Waals surface area contributed by atoms with Crippen LogP contribution < -0.4 is 11.1 Å². The topological polar surface area (TPSA) is 50.9 Å². The van der Waals surface area contributed by atoms with E-state index in [1.165, 1.54) is 4.88 Å². The first kappa shape index (κ1) is 12.4. The third-order valence-corrected chi connectivity index (χ3v) is 3.71. The van der Waals surface area contributed by atoms with Gasteiger partial charge in [-0.1, -0.05) is 17.7 Å². The van der Waals surface area contributed by atoms with Gasteiger partial charge in [0.2, 0.25) is 0 Å². The van der Waals surface area contributed by atoms with E-state index in [1.54, 1.807) is 11.3 Å². The number of halogens is 1. The summed E-state index contributed by atoms with van der Waals surface area (Å²) in [4.78, 5) is 5.70.